The van der Waals surface area contributed by atoms with Gasteiger partial charge in [-0.1, -0.05) is 20.8 Å². The highest BCUT2D eigenvalue weighted by Crippen LogP contribution is 2.66. The van der Waals surface area contributed by atoms with E-state index in [4.69, 9.17) is 14.2 Å². The van der Waals surface area contributed by atoms with Crippen molar-refractivity contribution in [2.45, 2.75) is 92.6 Å². The number of carbonyl (C=O) groups excluding carboxylic acids is 1. The summed E-state index contributed by atoms with van der Waals surface area (Å²) < 4.78 is 17.5. The van der Waals surface area contributed by atoms with Gasteiger partial charge in [0.05, 0.1) is 24.2 Å². The average molecular weight is 341 g/mol. The lowest BCUT2D eigenvalue weighted by Crippen LogP contribution is -2.40. The van der Waals surface area contributed by atoms with E-state index in [1.54, 1.807) is 0 Å². The van der Waals surface area contributed by atoms with Gasteiger partial charge in [0, 0.05) is 5.92 Å². The van der Waals surface area contributed by atoms with Crippen molar-refractivity contribution in [1.82, 2.24) is 0 Å². The van der Waals surface area contributed by atoms with E-state index >= 15 is 0 Å². The number of ether oxygens (including phenoxy) is 3. The fourth-order valence-corrected chi connectivity index (χ4v) is 4.06. The van der Waals surface area contributed by atoms with Crippen molar-refractivity contribution in [3.63, 3.8) is 0 Å². The van der Waals surface area contributed by atoms with Crippen LogP contribution in [0.25, 0.3) is 0 Å². The smallest absolute Gasteiger partial charge is 0.312 e. The van der Waals surface area contributed by atoms with Gasteiger partial charge < -0.3 is 14.2 Å². The largest absolute Gasteiger partial charge is 0.466 e. The van der Waals surface area contributed by atoms with Gasteiger partial charge in [0.1, 0.15) is 0 Å². The van der Waals surface area contributed by atoms with Crippen LogP contribution in [-0.4, -0.2) is 31.1 Å². The molecule has 7 atom stereocenters. The highest BCUT2D eigenvalue weighted by molar-refractivity contribution is 5.81. The molecule has 0 spiro atoms. The van der Waals surface area contributed by atoms with Gasteiger partial charge in [0.15, 0.2) is 6.29 Å². The molecule has 1 heterocycles. The average Bonchev–Trinajstić information content (AvgIpc) is 3.07. The van der Waals surface area contributed by atoms with Gasteiger partial charge in [-0.05, 0) is 64.7 Å². The Labute approximate surface area is 147 Å². The van der Waals surface area contributed by atoms with Crippen molar-refractivity contribution in [1.29, 1.82) is 0 Å². The molecule has 1 aliphatic heterocycles. The van der Waals surface area contributed by atoms with Crippen LogP contribution in [0.3, 0.4) is 0 Å². The fraction of sp³-hybridized carbons (Fsp3) is 0.950. The predicted octanol–water partition coefficient (Wildman–Crippen LogP) is 4.56. The van der Waals surface area contributed by atoms with Gasteiger partial charge in [0.25, 0.3) is 0 Å². The molecule has 0 amide bonds. The summed E-state index contributed by atoms with van der Waals surface area (Å²) in [7, 11) is 0. The van der Waals surface area contributed by atoms with Crippen molar-refractivity contribution in [3.8, 4) is 0 Å². The Kier molecular flexibility index (Phi) is 6.02. The molecule has 0 aromatic rings. The first-order valence-corrected chi connectivity index (χ1v) is 9.61. The van der Waals surface area contributed by atoms with Crippen molar-refractivity contribution in [2.24, 2.45) is 22.7 Å². The van der Waals surface area contributed by atoms with Crippen molar-refractivity contribution in [3.05, 3.63) is 0 Å². The topological polar surface area (TPSA) is 44.8 Å². The van der Waals surface area contributed by atoms with Gasteiger partial charge in [-0.25, -0.2) is 0 Å². The van der Waals surface area contributed by atoms with Crippen molar-refractivity contribution >= 4 is 5.97 Å². The zero-order valence-corrected chi connectivity index (χ0v) is 16.6. The van der Waals surface area contributed by atoms with Crippen molar-refractivity contribution < 1.29 is 19.0 Å². The monoisotopic (exact) mass is 340 g/mol. The van der Waals surface area contributed by atoms with Crippen LogP contribution in [0.2, 0.25) is 0 Å². The molecule has 2 fully saturated rings. The molecule has 4 nitrogen and oxygen atoms in total. The molecular weight excluding hydrogens is 304 g/mol. The number of carbonyl (C=O) groups is 1. The maximum atomic E-state index is 12.1. The summed E-state index contributed by atoms with van der Waals surface area (Å²) in [6.45, 7) is 15.2. The molecule has 0 radical (unpaired) electrons. The molecule has 24 heavy (non-hydrogen) atoms. The second-order valence-corrected chi connectivity index (χ2v) is 8.68. The minimum atomic E-state index is -0.318. The van der Waals surface area contributed by atoms with Crippen LogP contribution in [-0.2, 0) is 19.0 Å². The molecule has 0 bridgehead atoms. The van der Waals surface area contributed by atoms with Crippen LogP contribution in [0.15, 0.2) is 0 Å². The van der Waals surface area contributed by atoms with Crippen LogP contribution in [0.5, 0.6) is 0 Å². The Morgan fingerprint density at radius 3 is 2.54 bits per heavy atom. The lowest BCUT2D eigenvalue weighted by Gasteiger charge is -2.38. The summed E-state index contributed by atoms with van der Waals surface area (Å²) >= 11 is 0. The molecule has 2 rings (SSSR count). The van der Waals surface area contributed by atoms with E-state index in [2.05, 4.69) is 34.6 Å². The number of esters is 1. The Morgan fingerprint density at radius 2 is 1.92 bits per heavy atom. The summed E-state index contributed by atoms with van der Waals surface area (Å²) in [6, 6.07) is 0. The first-order chi connectivity index (χ1) is 11.1. The molecular formula is C20H36O4. The Hall–Kier alpha value is -0.610. The molecule has 2 aliphatic rings. The Balaban J connectivity index is 1.80. The summed E-state index contributed by atoms with van der Waals surface area (Å²) in [5.74, 6) is 0.971. The fourth-order valence-electron chi connectivity index (χ4n) is 4.06. The normalized spacial score (nSPS) is 43.3. The van der Waals surface area contributed by atoms with Gasteiger partial charge >= 0.3 is 5.97 Å². The molecule has 0 aromatic carbocycles. The minimum absolute atomic E-state index is 0.0394. The highest BCUT2D eigenvalue weighted by atomic mass is 16.7. The van der Waals surface area contributed by atoms with Gasteiger partial charge in [0.2, 0.25) is 0 Å². The zero-order chi connectivity index (χ0) is 18.1. The molecule has 0 aromatic heterocycles. The Morgan fingerprint density at radius 1 is 1.25 bits per heavy atom. The van der Waals surface area contributed by atoms with Crippen LogP contribution in [0.1, 0.15) is 74.1 Å². The van der Waals surface area contributed by atoms with E-state index in [1.807, 2.05) is 13.8 Å². The molecule has 1 saturated heterocycles. The maximum Gasteiger partial charge on any atom is 0.312 e. The van der Waals surface area contributed by atoms with E-state index in [0.717, 1.165) is 25.7 Å². The quantitative estimate of drug-likeness (QED) is 0.637. The third-order valence-electron chi connectivity index (χ3n) is 6.50. The van der Waals surface area contributed by atoms with Crippen LogP contribution in [0, 0.1) is 22.7 Å². The standard InChI is InChI=1S/C20H36O4/c1-8-22-18(21)20(7)12-19(20,6)10-9-15(4)23-17-14(3)11-13(2)16(5)24-17/h13-17H,8-12H2,1-7H3/t13-,14-,15-,16+,17-,19-,20-/m1/s1. The van der Waals surface area contributed by atoms with Crippen LogP contribution >= 0.6 is 0 Å². The summed E-state index contributed by atoms with van der Waals surface area (Å²) in [6.07, 6.45) is 4.29. The summed E-state index contributed by atoms with van der Waals surface area (Å²) in [5, 5.41) is 0. The van der Waals surface area contributed by atoms with E-state index < -0.39 is 0 Å². The summed E-state index contributed by atoms with van der Waals surface area (Å²) in [5.41, 5.74) is -0.279. The van der Waals surface area contributed by atoms with E-state index in [9.17, 15) is 4.79 Å². The lowest BCUT2D eigenvalue weighted by molar-refractivity contribution is -0.244. The van der Waals surface area contributed by atoms with Crippen LogP contribution in [0.4, 0.5) is 0 Å². The van der Waals surface area contributed by atoms with Gasteiger partial charge in [-0.15, -0.1) is 0 Å². The maximum absolute atomic E-state index is 12.1. The van der Waals surface area contributed by atoms with E-state index in [0.29, 0.717) is 18.4 Å². The van der Waals surface area contributed by atoms with E-state index in [1.165, 1.54) is 0 Å². The number of hydrogen-bond donors (Lipinski definition) is 0. The SMILES string of the molecule is CCOC(=O)[C@@]1(C)C[C@@]1(C)CC[C@@H](C)O[C@@H]1O[C@@H](C)[C@H](C)C[C@H]1C. The molecule has 1 saturated carbocycles. The minimum Gasteiger partial charge on any atom is -0.466 e. The second-order valence-electron chi connectivity index (χ2n) is 8.68. The van der Waals surface area contributed by atoms with E-state index in [-0.39, 0.29) is 35.3 Å². The second kappa shape index (κ2) is 7.33. The first-order valence-electron chi connectivity index (χ1n) is 9.61. The lowest BCUT2D eigenvalue weighted by atomic mass is 9.89. The summed E-state index contributed by atoms with van der Waals surface area (Å²) in [4.78, 5) is 12.1. The molecule has 140 valence electrons. The number of hydrogen-bond acceptors (Lipinski definition) is 4. The van der Waals surface area contributed by atoms with Crippen LogP contribution < -0.4 is 0 Å². The first kappa shape index (κ1) is 19.7. The molecule has 0 unspecified atom stereocenters. The molecule has 4 heteroatoms. The third-order valence-corrected chi connectivity index (χ3v) is 6.50. The van der Waals surface area contributed by atoms with Crippen molar-refractivity contribution in [2.75, 3.05) is 6.61 Å². The molecule has 0 N–H and O–H groups in total. The third kappa shape index (κ3) is 3.96. The predicted molar refractivity (Wildman–Crippen MR) is 94.5 cm³/mol. The van der Waals surface area contributed by atoms with Gasteiger partial charge in [-0.2, -0.15) is 0 Å². The Bertz CT molecular complexity index is 451. The molecule has 1 aliphatic carbocycles. The zero-order valence-electron chi connectivity index (χ0n) is 16.6. The highest BCUT2D eigenvalue weighted by Gasteiger charge is 2.66. The number of rotatable bonds is 7. The van der Waals surface area contributed by atoms with Gasteiger partial charge in [-0.3, -0.25) is 4.79 Å².